The Morgan fingerprint density at radius 1 is 0.345 bits per heavy atom. The highest BCUT2D eigenvalue weighted by atomic mass is 15.1. The molecule has 0 saturated heterocycles. The van der Waals surface area contributed by atoms with Gasteiger partial charge in [-0.15, -0.1) is 0 Å². The van der Waals surface area contributed by atoms with Crippen molar-refractivity contribution < 1.29 is 0 Å². The van der Waals surface area contributed by atoms with Gasteiger partial charge in [0, 0.05) is 17.1 Å². The van der Waals surface area contributed by atoms with E-state index in [4.69, 9.17) is 0 Å². The summed E-state index contributed by atoms with van der Waals surface area (Å²) in [6, 6.07) is 69.5. The van der Waals surface area contributed by atoms with Crippen LogP contribution in [0.4, 0.5) is 17.1 Å². The first-order chi connectivity index (χ1) is 27.0. The first-order valence-electron chi connectivity index (χ1n) is 19.4. The quantitative estimate of drug-likeness (QED) is 0.160. The van der Waals surface area contributed by atoms with Crippen molar-refractivity contribution in [1.29, 1.82) is 0 Å². The molecule has 0 saturated carbocycles. The maximum Gasteiger partial charge on any atom is 0.0493 e. The van der Waals surface area contributed by atoms with Crippen LogP contribution in [0.3, 0.4) is 0 Å². The minimum Gasteiger partial charge on any atom is -0.310 e. The van der Waals surface area contributed by atoms with Crippen molar-refractivity contribution in [3.05, 3.63) is 199 Å². The van der Waals surface area contributed by atoms with Crippen molar-refractivity contribution >= 4 is 38.6 Å². The van der Waals surface area contributed by atoms with E-state index in [0.717, 1.165) is 11.4 Å². The predicted molar refractivity (Wildman–Crippen MR) is 236 cm³/mol. The molecule has 0 bridgehead atoms. The highest BCUT2D eigenvalue weighted by Crippen LogP contribution is 2.52. The van der Waals surface area contributed by atoms with Gasteiger partial charge < -0.3 is 4.90 Å². The Morgan fingerprint density at radius 3 is 1.38 bits per heavy atom. The van der Waals surface area contributed by atoms with Gasteiger partial charge in [-0.1, -0.05) is 135 Å². The van der Waals surface area contributed by atoms with Crippen molar-refractivity contribution in [1.82, 2.24) is 0 Å². The second kappa shape index (κ2) is 13.3. The third-order valence-corrected chi connectivity index (χ3v) is 11.4. The number of fused-ring (bicyclic) bond motifs is 6. The highest BCUT2D eigenvalue weighted by molar-refractivity contribution is 6.13. The summed E-state index contributed by atoms with van der Waals surface area (Å²) in [7, 11) is 0. The number of benzene rings is 9. The van der Waals surface area contributed by atoms with Crippen LogP contribution in [0.5, 0.6) is 0 Å². The van der Waals surface area contributed by atoms with Crippen molar-refractivity contribution in [2.24, 2.45) is 0 Å². The topological polar surface area (TPSA) is 3.24 Å². The molecule has 10 rings (SSSR count). The van der Waals surface area contributed by atoms with E-state index >= 15 is 0 Å². The standard InChI is InChI=1S/C54H41N/c1-35(2)40-23-22-36(3)54(34-40)55(46-21-13-20-41(26-46)37-14-7-4-8-15-37)47-25-24-42-28-50-51(31-43(42)27-47)53-33-45-30-49(39-18-11-6-12-19-39)48(29-44(45)32-52(50)53)38-16-9-5-10-17-38/h4-35H,1-3H3. The molecule has 55 heavy (non-hydrogen) atoms. The largest absolute Gasteiger partial charge is 0.310 e. The van der Waals surface area contributed by atoms with E-state index in [-0.39, 0.29) is 0 Å². The van der Waals surface area contributed by atoms with Gasteiger partial charge in [0.1, 0.15) is 0 Å². The smallest absolute Gasteiger partial charge is 0.0493 e. The van der Waals surface area contributed by atoms with Crippen LogP contribution in [0, 0.1) is 6.92 Å². The first kappa shape index (κ1) is 32.9. The Bertz CT molecular complexity index is 2890. The Hall–Kier alpha value is -6.70. The average molecular weight is 704 g/mol. The highest BCUT2D eigenvalue weighted by Gasteiger charge is 2.25. The van der Waals surface area contributed by atoms with Gasteiger partial charge in [-0.3, -0.25) is 0 Å². The third-order valence-electron chi connectivity index (χ3n) is 11.4. The summed E-state index contributed by atoms with van der Waals surface area (Å²) in [5, 5.41) is 5.03. The molecule has 1 nitrogen and oxygen atoms in total. The molecule has 0 spiro atoms. The molecular weight excluding hydrogens is 663 g/mol. The van der Waals surface area contributed by atoms with Crippen LogP contribution in [-0.2, 0) is 0 Å². The summed E-state index contributed by atoms with van der Waals surface area (Å²) in [6.07, 6.45) is 0. The van der Waals surface area contributed by atoms with Gasteiger partial charge in [0.2, 0.25) is 0 Å². The molecule has 0 fully saturated rings. The fourth-order valence-electron chi connectivity index (χ4n) is 8.42. The zero-order chi connectivity index (χ0) is 37.0. The fourth-order valence-corrected chi connectivity index (χ4v) is 8.42. The van der Waals surface area contributed by atoms with Crippen LogP contribution < -0.4 is 4.90 Å². The summed E-state index contributed by atoms with van der Waals surface area (Å²) >= 11 is 0. The van der Waals surface area contributed by atoms with Crippen LogP contribution in [0.15, 0.2) is 188 Å². The van der Waals surface area contributed by atoms with Crippen molar-refractivity contribution in [2.75, 3.05) is 4.90 Å². The second-order valence-corrected chi connectivity index (χ2v) is 15.3. The Kier molecular flexibility index (Phi) is 7.96. The molecule has 0 radical (unpaired) electrons. The number of aryl methyl sites for hydroxylation is 1. The van der Waals surface area contributed by atoms with Crippen molar-refractivity contribution in [2.45, 2.75) is 26.7 Å². The van der Waals surface area contributed by atoms with Crippen LogP contribution >= 0.6 is 0 Å². The van der Waals surface area contributed by atoms with Gasteiger partial charge in [-0.25, -0.2) is 0 Å². The fraction of sp³-hybridized carbons (Fsp3) is 0.0741. The lowest BCUT2D eigenvalue weighted by atomic mass is 9.77. The SMILES string of the molecule is Cc1ccc(C(C)C)cc1N(c1cccc(-c2ccccc2)c1)c1ccc2cc3c(cc2c1)-c1cc2cc(-c4ccccc4)c(-c4ccccc4)cc2cc1-3. The molecule has 1 aliphatic carbocycles. The van der Waals surface area contributed by atoms with Crippen LogP contribution in [0.2, 0.25) is 0 Å². The molecule has 0 N–H and O–H groups in total. The number of rotatable bonds is 7. The lowest BCUT2D eigenvalue weighted by Crippen LogP contribution is -2.12. The van der Waals surface area contributed by atoms with Crippen LogP contribution in [-0.4, -0.2) is 0 Å². The van der Waals surface area contributed by atoms with E-state index in [1.54, 1.807) is 0 Å². The van der Waals surface area contributed by atoms with Crippen LogP contribution in [0.25, 0.3) is 77.2 Å². The monoisotopic (exact) mass is 703 g/mol. The maximum atomic E-state index is 2.45. The van der Waals surface area contributed by atoms with Gasteiger partial charge in [0.05, 0.1) is 0 Å². The summed E-state index contributed by atoms with van der Waals surface area (Å²) in [5.41, 5.74) is 18.8. The molecule has 0 heterocycles. The Morgan fingerprint density at radius 2 is 0.818 bits per heavy atom. The molecule has 1 heteroatoms. The van der Waals surface area contributed by atoms with Crippen LogP contribution in [0.1, 0.15) is 30.9 Å². The normalized spacial score (nSPS) is 11.7. The lowest BCUT2D eigenvalue weighted by molar-refractivity contribution is 0.865. The number of nitrogens with zero attached hydrogens (tertiary/aromatic N) is 1. The number of anilines is 3. The summed E-state index contributed by atoms with van der Waals surface area (Å²) in [4.78, 5) is 2.45. The van der Waals surface area contributed by atoms with Gasteiger partial charge >= 0.3 is 0 Å². The van der Waals surface area contributed by atoms with E-state index in [9.17, 15) is 0 Å². The second-order valence-electron chi connectivity index (χ2n) is 15.3. The molecule has 9 aromatic rings. The van der Waals surface area contributed by atoms with Crippen molar-refractivity contribution in [3.8, 4) is 55.6 Å². The molecule has 0 unspecified atom stereocenters. The van der Waals surface area contributed by atoms with E-state index in [1.807, 2.05) is 0 Å². The van der Waals surface area contributed by atoms with Gasteiger partial charge in [0.15, 0.2) is 0 Å². The van der Waals surface area contributed by atoms with E-state index in [2.05, 4.69) is 214 Å². The van der Waals surface area contributed by atoms with Gasteiger partial charge in [-0.05, 0) is 168 Å². The first-order valence-corrected chi connectivity index (χ1v) is 19.4. The molecular formula is C54H41N. The van der Waals surface area contributed by atoms with Crippen molar-refractivity contribution in [3.63, 3.8) is 0 Å². The Balaban J connectivity index is 1.10. The summed E-state index contributed by atoms with van der Waals surface area (Å²) < 4.78 is 0. The van der Waals surface area contributed by atoms with E-state index < -0.39 is 0 Å². The predicted octanol–water partition coefficient (Wildman–Crippen LogP) is 15.5. The number of hydrogen-bond acceptors (Lipinski definition) is 1. The van der Waals surface area contributed by atoms with Gasteiger partial charge in [0.25, 0.3) is 0 Å². The molecule has 0 aromatic heterocycles. The van der Waals surface area contributed by atoms with Gasteiger partial charge in [-0.2, -0.15) is 0 Å². The molecule has 1 aliphatic rings. The summed E-state index contributed by atoms with van der Waals surface area (Å²) in [5.74, 6) is 0.428. The average Bonchev–Trinajstić information content (AvgIpc) is 3.23. The molecule has 0 amide bonds. The molecule has 9 aromatic carbocycles. The Labute approximate surface area is 323 Å². The minimum atomic E-state index is 0.428. The zero-order valence-electron chi connectivity index (χ0n) is 31.4. The summed E-state index contributed by atoms with van der Waals surface area (Å²) in [6.45, 7) is 6.77. The van der Waals surface area contributed by atoms with E-state index in [0.29, 0.717) is 5.92 Å². The molecule has 0 aliphatic heterocycles. The molecule has 262 valence electrons. The lowest BCUT2D eigenvalue weighted by Gasteiger charge is -2.29. The van der Waals surface area contributed by atoms with E-state index in [1.165, 1.54) is 94.0 Å². The minimum absolute atomic E-state index is 0.428. The zero-order valence-corrected chi connectivity index (χ0v) is 31.4. The maximum absolute atomic E-state index is 2.45. The molecule has 0 atom stereocenters. The third kappa shape index (κ3) is 5.81. The number of hydrogen-bond donors (Lipinski definition) is 0.